The molecule has 1 aromatic rings. The summed E-state index contributed by atoms with van der Waals surface area (Å²) in [5.74, 6) is -0.0805. The minimum Gasteiger partial charge on any atom is -0.354 e. The second kappa shape index (κ2) is 5.98. The van der Waals surface area contributed by atoms with Crippen LogP contribution in [0.5, 0.6) is 0 Å². The van der Waals surface area contributed by atoms with Crippen LogP contribution in [0.25, 0.3) is 0 Å². The number of rotatable bonds is 5. The van der Waals surface area contributed by atoms with Crippen molar-refractivity contribution < 1.29 is 18.0 Å². The van der Waals surface area contributed by atoms with Crippen molar-refractivity contribution in [2.24, 2.45) is 0 Å². The van der Waals surface area contributed by atoms with Gasteiger partial charge in [-0.05, 0) is 42.6 Å². The van der Waals surface area contributed by atoms with E-state index in [0.29, 0.717) is 5.69 Å². The molecule has 0 spiro atoms. The summed E-state index contributed by atoms with van der Waals surface area (Å²) in [5.41, 5.74) is -0.353. The molecule has 0 unspecified atom stereocenters. The first kappa shape index (κ1) is 16.3. The monoisotopic (exact) mass is 367 g/mol. The van der Waals surface area contributed by atoms with Crippen LogP contribution in [0, 0.1) is 0 Å². The molecule has 0 aromatic carbocycles. The molecule has 0 saturated heterocycles. The van der Waals surface area contributed by atoms with Gasteiger partial charge in [-0.3, -0.25) is 9.48 Å². The van der Waals surface area contributed by atoms with Gasteiger partial charge in [0.2, 0.25) is 5.91 Å². The molecule has 1 N–H and O–H groups in total. The fourth-order valence-corrected chi connectivity index (χ4v) is 2.99. The molecule has 118 valence electrons. The number of hydrogen-bond acceptors (Lipinski definition) is 2. The van der Waals surface area contributed by atoms with Gasteiger partial charge in [0.25, 0.3) is 0 Å². The van der Waals surface area contributed by atoms with Crippen LogP contribution in [-0.2, 0) is 17.5 Å². The van der Waals surface area contributed by atoms with Gasteiger partial charge in [0.1, 0.15) is 0 Å². The van der Waals surface area contributed by atoms with Gasteiger partial charge in [-0.2, -0.15) is 18.3 Å². The summed E-state index contributed by atoms with van der Waals surface area (Å²) in [4.78, 5) is 11.6. The van der Waals surface area contributed by atoms with E-state index in [2.05, 4.69) is 26.3 Å². The van der Waals surface area contributed by atoms with Crippen molar-refractivity contribution >= 4 is 21.8 Å². The average molecular weight is 368 g/mol. The van der Waals surface area contributed by atoms with Gasteiger partial charge < -0.3 is 5.32 Å². The number of halogens is 4. The van der Waals surface area contributed by atoms with Gasteiger partial charge in [-0.1, -0.05) is 0 Å². The van der Waals surface area contributed by atoms with E-state index in [4.69, 9.17) is 0 Å². The van der Waals surface area contributed by atoms with Gasteiger partial charge in [-0.25, -0.2) is 0 Å². The molecule has 4 nitrogen and oxygen atoms in total. The summed E-state index contributed by atoms with van der Waals surface area (Å²) in [5, 5.41) is 6.37. The van der Waals surface area contributed by atoms with Crippen molar-refractivity contribution in [3.63, 3.8) is 0 Å². The van der Waals surface area contributed by atoms with Gasteiger partial charge in [-0.15, -0.1) is 0 Å². The second-order valence-corrected chi connectivity index (χ2v) is 6.31. The Morgan fingerprint density at radius 2 is 2.10 bits per heavy atom. The fraction of sp³-hybridized carbons (Fsp3) is 0.692. The summed E-state index contributed by atoms with van der Waals surface area (Å²) < 4.78 is 40.1. The Labute approximate surface area is 129 Å². The van der Waals surface area contributed by atoms with Crippen LogP contribution in [0.4, 0.5) is 13.2 Å². The summed E-state index contributed by atoms with van der Waals surface area (Å²) in [6.45, 7) is 3.82. The van der Waals surface area contributed by atoms with Crippen molar-refractivity contribution in [3.05, 3.63) is 15.9 Å². The summed E-state index contributed by atoms with van der Waals surface area (Å²) in [6, 6.07) is 0.00972. The van der Waals surface area contributed by atoms with Crippen molar-refractivity contribution in [1.82, 2.24) is 15.1 Å². The van der Waals surface area contributed by atoms with Crippen LogP contribution in [-0.4, -0.2) is 21.7 Å². The predicted octanol–water partition coefficient (Wildman–Crippen LogP) is 3.46. The van der Waals surface area contributed by atoms with Crippen LogP contribution in [0.1, 0.15) is 50.4 Å². The van der Waals surface area contributed by atoms with Crippen molar-refractivity contribution in [3.8, 4) is 0 Å². The molecule has 8 heteroatoms. The van der Waals surface area contributed by atoms with Gasteiger partial charge in [0.15, 0.2) is 5.69 Å². The molecular weight excluding hydrogens is 351 g/mol. The van der Waals surface area contributed by atoms with Crippen LogP contribution in [0.2, 0.25) is 0 Å². The van der Waals surface area contributed by atoms with Gasteiger partial charge >= 0.3 is 6.18 Å². The lowest BCUT2D eigenvalue weighted by Gasteiger charge is -2.10. The Morgan fingerprint density at radius 3 is 2.57 bits per heavy atom. The van der Waals surface area contributed by atoms with E-state index in [-0.39, 0.29) is 35.3 Å². The molecule has 1 saturated carbocycles. The fourth-order valence-electron chi connectivity index (χ4n) is 2.15. The van der Waals surface area contributed by atoms with Crippen molar-refractivity contribution in [2.45, 2.75) is 57.8 Å². The maximum atomic E-state index is 12.9. The average Bonchev–Trinajstić information content (AvgIpc) is 3.09. The quantitative estimate of drug-likeness (QED) is 0.866. The maximum absolute atomic E-state index is 12.9. The molecule has 1 amide bonds. The summed E-state index contributed by atoms with van der Waals surface area (Å²) in [6.07, 6.45) is -2.66. The van der Waals surface area contributed by atoms with Crippen LogP contribution < -0.4 is 5.32 Å². The Hall–Kier alpha value is -1.05. The van der Waals surface area contributed by atoms with Gasteiger partial charge in [0, 0.05) is 18.4 Å². The number of aryl methyl sites for hydroxylation is 1. The maximum Gasteiger partial charge on any atom is 0.436 e. The number of carbonyl (C=O) groups is 1. The normalized spacial score (nSPS) is 15.6. The standard InChI is InChI=1S/C13H17BrF3N3O/c1-7(2)18-9(21)5-6-20-11(8-3-4-8)10(14)12(19-20)13(15,16)17/h7-8H,3-6H2,1-2H3,(H,18,21). The SMILES string of the molecule is CC(C)NC(=O)CCn1nc(C(F)(F)F)c(Br)c1C1CC1. The zero-order valence-electron chi connectivity index (χ0n) is 11.8. The molecule has 0 atom stereocenters. The Morgan fingerprint density at radius 1 is 1.48 bits per heavy atom. The van der Waals surface area contributed by atoms with Crippen LogP contribution in [0.3, 0.4) is 0 Å². The molecule has 1 aromatic heterocycles. The lowest BCUT2D eigenvalue weighted by atomic mass is 10.2. The molecule has 1 heterocycles. The van der Waals surface area contributed by atoms with E-state index >= 15 is 0 Å². The molecule has 0 aliphatic heterocycles. The number of hydrogen-bond donors (Lipinski definition) is 1. The largest absolute Gasteiger partial charge is 0.436 e. The van der Waals surface area contributed by atoms with E-state index in [1.165, 1.54) is 4.68 Å². The predicted molar refractivity (Wildman–Crippen MR) is 74.8 cm³/mol. The highest BCUT2D eigenvalue weighted by Gasteiger charge is 2.41. The minimum atomic E-state index is -4.49. The van der Waals surface area contributed by atoms with Crippen molar-refractivity contribution in [1.29, 1.82) is 0 Å². The number of nitrogens with zero attached hydrogens (tertiary/aromatic N) is 2. The highest BCUT2D eigenvalue weighted by molar-refractivity contribution is 9.10. The Bertz CT molecular complexity index is 535. The van der Waals surface area contributed by atoms with Crippen molar-refractivity contribution in [2.75, 3.05) is 0 Å². The number of amides is 1. The third-order valence-corrected chi connectivity index (χ3v) is 3.95. The number of aromatic nitrogens is 2. The van der Waals surface area contributed by atoms with E-state index in [1.54, 1.807) is 0 Å². The highest BCUT2D eigenvalue weighted by atomic mass is 79.9. The Balaban J connectivity index is 2.17. The zero-order chi connectivity index (χ0) is 15.8. The van der Waals surface area contributed by atoms with Crippen LogP contribution >= 0.6 is 15.9 Å². The van der Waals surface area contributed by atoms with Crippen LogP contribution in [0.15, 0.2) is 4.47 Å². The van der Waals surface area contributed by atoms with Gasteiger partial charge in [0.05, 0.1) is 16.7 Å². The molecule has 1 aliphatic rings. The lowest BCUT2D eigenvalue weighted by molar-refractivity contribution is -0.142. The number of alkyl halides is 3. The molecule has 0 radical (unpaired) electrons. The molecule has 1 fully saturated rings. The smallest absolute Gasteiger partial charge is 0.354 e. The topological polar surface area (TPSA) is 46.9 Å². The van der Waals surface area contributed by atoms with E-state index in [0.717, 1.165) is 12.8 Å². The minimum absolute atomic E-state index is 0.00972. The summed E-state index contributed by atoms with van der Waals surface area (Å²) >= 11 is 3.02. The first-order valence-electron chi connectivity index (χ1n) is 6.83. The Kier molecular flexibility index (Phi) is 4.65. The van der Waals surface area contributed by atoms with E-state index in [9.17, 15) is 18.0 Å². The second-order valence-electron chi connectivity index (χ2n) is 5.52. The first-order chi connectivity index (χ1) is 9.70. The number of nitrogens with one attached hydrogen (secondary N) is 1. The molecule has 1 aliphatic carbocycles. The molecular formula is C13H17BrF3N3O. The first-order valence-corrected chi connectivity index (χ1v) is 7.62. The lowest BCUT2D eigenvalue weighted by Crippen LogP contribution is -2.31. The molecule has 0 bridgehead atoms. The van der Waals surface area contributed by atoms with E-state index in [1.807, 2.05) is 13.8 Å². The van der Waals surface area contributed by atoms with E-state index < -0.39 is 11.9 Å². The zero-order valence-corrected chi connectivity index (χ0v) is 13.4. The summed E-state index contributed by atoms with van der Waals surface area (Å²) in [7, 11) is 0. The third kappa shape index (κ3) is 3.99. The highest BCUT2D eigenvalue weighted by Crippen LogP contribution is 2.46. The molecule has 21 heavy (non-hydrogen) atoms. The number of carbonyl (C=O) groups excluding carboxylic acids is 1. The molecule has 2 rings (SSSR count). The third-order valence-electron chi connectivity index (χ3n) is 3.16.